The number of piperidine rings is 1. The van der Waals surface area contributed by atoms with Crippen molar-refractivity contribution >= 4 is 17.5 Å². The van der Waals surface area contributed by atoms with Crippen LogP contribution in [0, 0.1) is 5.92 Å². The molecule has 2 aliphatic rings. The van der Waals surface area contributed by atoms with E-state index in [0.717, 1.165) is 36.3 Å². The monoisotopic (exact) mass is 392 g/mol. The highest BCUT2D eigenvalue weighted by molar-refractivity contribution is 5.97. The Kier molecular flexibility index (Phi) is 5.56. The average molecular weight is 392 g/mol. The molecule has 0 aliphatic carbocycles. The SMILES string of the molecule is COc1ccc(CC(=O)N2CCC(C(=O)N3c4ccccc4CC3C)CC2)cc1. The van der Waals surface area contributed by atoms with E-state index >= 15 is 0 Å². The first kappa shape index (κ1) is 19.5. The molecule has 2 aliphatic heterocycles. The Balaban J connectivity index is 1.34. The Hall–Kier alpha value is -2.82. The normalized spacial score (nSPS) is 19.2. The summed E-state index contributed by atoms with van der Waals surface area (Å²) in [5, 5.41) is 0. The molecule has 1 fully saturated rings. The summed E-state index contributed by atoms with van der Waals surface area (Å²) in [7, 11) is 1.63. The number of hydrogen-bond donors (Lipinski definition) is 0. The summed E-state index contributed by atoms with van der Waals surface area (Å²) in [6, 6.07) is 16.0. The molecule has 152 valence electrons. The van der Waals surface area contributed by atoms with Gasteiger partial charge in [-0.15, -0.1) is 0 Å². The number of nitrogens with zero attached hydrogens (tertiary/aromatic N) is 2. The Labute approximate surface area is 172 Å². The van der Waals surface area contributed by atoms with E-state index in [9.17, 15) is 9.59 Å². The topological polar surface area (TPSA) is 49.9 Å². The third kappa shape index (κ3) is 4.00. The van der Waals surface area contributed by atoms with E-state index in [2.05, 4.69) is 13.0 Å². The highest BCUT2D eigenvalue weighted by atomic mass is 16.5. The fourth-order valence-electron chi connectivity index (χ4n) is 4.50. The maximum atomic E-state index is 13.2. The number of hydrogen-bond acceptors (Lipinski definition) is 3. The number of benzene rings is 2. The van der Waals surface area contributed by atoms with Crippen molar-refractivity contribution in [3.05, 3.63) is 59.7 Å². The number of amides is 2. The lowest BCUT2D eigenvalue weighted by molar-refractivity contribution is -0.134. The molecule has 1 unspecified atom stereocenters. The first-order chi connectivity index (χ1) is 14.1. The van der Waals surface area contributed by atoms with Gasteiger partial charge in [-0.2, -0.15) is 0 Å². The number of para-hydroxylation sites is 1. The van der Waals surface area contributed by atoms with Crippen molar-refractivity contribution in [2.75, 3.05) is 25.1 Å². The molecule has 0 radical (unpaired) electrons. The van der Waals surface area contributed by atoms with Gasteiger partial charge in [0.05, 0.1) is 13.5 Å². The van der Waals surface area contributed by atoms with E-state index in [-0.39, 0.29) is 23.8 Å². The quantitative estimate of drug-likeness (QED) is 0.801. The second-order valence-electron chi connectivity index (χ2n) is 8.07. The van der Waals surface area contributed by atoms with Gasteiger partial charge < -0.3 is 14.5 Å². The third-order valence-corrected chi connectivity index (χ3v) is 6.16. The van der Waals surface area contributed by atoms with Gasteiger partial charge in [-0.25, -0.2) is 0 Å². The van der Waals surface area contributed by atoms with Crippen molar-refractivity contribution in [1.29, 1.82) is 0 Å². The number of rotatable bonds is 4. The van der Waals surface area contributed by atoms with Crippen LogP contribution in [0.15, 0.2) is 48.5 Å². The molecule has 5 nitrogen and oxygen atoms in total. The molecule has 1 saturated heterocycles. The summed E-state index contributed by atoms with van der Waals surface area (Å²) in [5.41, 5.74) is 3.29. The molecule has 0 N–H and O–H groups in total. The molecule has 2 heterocycles. The maximum Gasteiger partial charge on any atom is 0.230 e. The fourth-order valence-corrected chi connectivity index (χ4v) is 4.50. The van der Waals surface area contributed by atoms with Gasteiger partial charge in [0.1, 0.15) is 5.75 Å². The summed E-state index contributed by atoms with van der Waals surface area (Å²) in [6.07, 6.45) is 2.78. The lowest BCUT2D eigenvalue weighted by atomic mass is 9.94. The number of ether oxygens (including phenoxy) is 1. The molecule has 1 atom stereocenters. The second-order valence-corrected chi connectivity index (χ2v) is 8.07. The molecular formula is C24H28N2O3. The Bertz CT molecular complexity index is 885. The highest BCUT2D eigenvalue weighted by Gasteiger charge is 2.36. The Morgan fingerprint density at radius 3 is 2.41 bits per heavy atom. The molecule has 4 rings (SSSR count). The second kappa shape index (κ2) is 8.27. The van der Waals surface area contributed by atoms with Gasteiger partial charge in [0.25, 0.3) is 0 Å². The fraction of sp³-hybridized carbons (Fsp3) is 0.417. The van der Waals surface area contributed by atoms with Crippen LogP contribution in [0.1, 0.15) is 30.9 Å². The van der Waals surface area contributed by atoms with Crippen molar-refractivity contribution in [2.45, 2.75) is 38.6 Å². The predicted octanol–water partition coefficient (Wildman–Crippen LogP) is 3.45. The smallest absolute Gasteiger partial charge is 0.230 e. The lowest BCUT2D eigenvalue weighted by Crippen LogP contribution is -2.46. The Morgan fingerprint density at radius 1 is 1.03 bits per heavy atom. The van der Waals surface area contributed by atoms with Crippen LogP contribution >= 0.6 is 0 Å². The zero-order valence-corrected chi connectivity index (χ0v) is 17.1. The van der Waals surface area contributed by atoms with Crippen molar-refractivity contribution in [3.8, 4) is 5.75 Å². The molecule has 29 heavy (non-hydrogen) atoms. The van der Waals surface area contributed by atoms with Crippen LogP contribution < -0.4 is 9.64 Å². The van der Waals surface area contributed by atoms with Crippen LogP contribution in [0.4, 0.5) is 5.69 Å². The van der Waals surface area contributed by atoms with Gasteiger partial charge in [0, 0.05) is 30.7 Å². The standard InChI is InChI=1S/C24H28N2O3/c1-17-15-20-5-3-4-6-22(20)26(17)24(28)19-11-13-25(14-12-19)23(27)16-18-7-9-21(29-2)10-8-18/h3-10,17,19H,11-16H2,1-2H3. The zero-order valence-electron chi connectivity index (χ0n) is 17.1. The Morgan fingerprint density at radius 2 is 1.72 bits per heavy atom. The van der Waals surface area contributed by atoms with Crippen molar-refractivity contribution in [2.24, 2.45) is 5.92 Å². The number of carbonyl (C=O) groups is 2. The number of fused-ring (bicyclic) bond motifs is 1. The van der Waals surface area contributed by atoms with E-state index in [1.165, 1.54) is 5.56 Å². The van der Waals surface area contributed by atoms with E-state index in [1.807, 2.05) is 52.3 Å². The summed E-state index contributed by atoms with van der Waals surface area (Å²) >= 11 is 0. The van der Waals surface area contributed by atoms with Crippen LogP contribution in [0.25, 0.3) is 0 Å². The number of anilines is 1. The van der Waals surface area contributed by atoms with Crippen molar-refractivity contribution in [1.82, 2.24) is 4.90 Å². The van der Waals surface area contributed by atoms with E-state index < -0.39 is 0 Å². The summed E-state index contributed by atoms with van der Waals surface area (Å²) in [6.45, 7) is 3.41. The molecule has 0 bridgehead atoms. The molecule has 2 aromatic rings. The molecule has 2 amide bonds. The first-order valence-corrected chi connectivity index (χ1v) is 10.4. The number of carbonyl (C=O) groups excluding carboxylic acids is 2. The first-order valence-electron chi connectivity index (χ1n) is 10.4. The zero-order chi connectivity index (χ0) is 20.4. The average Bonchev–Trinajstić information content (AvgIpc) is 3.09. The minimum absolute atomic E-state index is 0.00589. The van der Waals surface area contributed by atoms with Crippen molar-refractivity contribution in [3.63, 3.8) is 0 Å². The van der Waals surface area contributed by atoms with Crippen LogP contribution in [-0.4, -0.2) is 43.0 Å². The largest absolute Gasteiger partial charge is 0.497 e. The summed E-state index contributed by atoms with van der Waals surface area (Å²) < 4.78 is 5.17. The van der Waals surface area contributed by atoms with Crippen LogP contribution in [0.5, 0.6) is 5.75 Å². The van der Waals surface area contributed by atoms with Gasteiger partial charge in [-0.3, -0.25) is 9.59 Å². The van der Waals surface area contributed by atoms with Crippen LogP contribution in [0.3, 0.4) is 0 Å². The molecule has 5 heteroatoms. The van der Waals surface area contributed by atoms with Gasteiger partial charge in [0.2, 0.25) is 11.8 Å². The lowest BCUT2D eigenvalue weighted by Gasteiger charge is -2.34. The van der Waals surface area contributed by atoms with E-state index in [4.69, 9.17) is 4.74 Å². The van der Waals surface area contributed by atoms with Crippen molar-refractivity contribution < 1.29 is 14.3 Å². The van der Waals surface area contributed by atoms with Gasteiger partial charge in [-0.05, 0) is 55.5 Å². The minimum atomic E-state index is -0.00589. The minimum Gasteiger partial charge on any atom is -0.497 e. The van der Waals surface area contributed by atoms with E-state index in [0.29, 0.717) is 19.5 Å². The molecule has 0 aromatic heterocycles. The molecule has 2 aromatic carbocycles. The highest BCUT2D eigenvalue weighted by Crippen LogP contribution is 2.34. The number of likely N-dealkylation sites (tertiary alicyclic amines) is 1. The van der Waals surface area contributed by atoms with Crippen LogP contribution in [-0.2, 0) is 22.4 Å². The molecular weight excluding hydrogens is 364 g/mol. The summed E-state index contributed by atoms with van der Waals surface area (Å²) in [5.74, 6) is 1.12. The van der Waals surface area contributed by atoms with Gasteiger partial charge in [0.15, 0.2) is 0 Å². The molecule has 0 saturated carbocycles. The third-order valence-electron chi connectivity index (χ3n) is 6.16. The number of methoxy groups -OCH3 is 1. The maximum absolute atomic E-state index is 13.2. The predicted molar refractivity (Wildman–Crippen MR) is 113 cm³/mol. The van der Waals surface area contributed by atoms with Gasteiger partial charge in [-0.1, -0.05) is 30.3 Å². The summed E-state index contributed by atoms with van der Waals surface area (Å²) in [4.78, 5) is 29.8. The molecule has 0 spiro atoms. The van der Waals surface area contributed by atoms with E-state index in [1.54, 1.807) is 7.11 Å². The van der Waals surface area contributed by atoms with Crippen LogP contribution in [0.2, 0.25) is 0 Å². The van der Waals surface area contributed by atoms with Gasteiger partial charge >= 0.3 is 0 Å².